The van der Waals surface area contributed by atoms with E-state index >= 15 is 0 Å². The molecule has 3 nitrogen and oxygen atoms in total. The van der Waals surface area contributed by atoms with Crippen molar-refractivity contribution in [3.05, 3.63) is 58.4 Å². The smallest absolute Gasteiger partial charge is 0.321 e. The molecular formula is C14H10ClF3N2O. The van der Waals surface area contributed by atoms with Gasteiger partial charge in [-0.25, -0.2) is 4.98 Å². The molecule has 1 amide bonds. The van der Waals surface area contributed by atoms with Gasteiger partial charge in [-0.2, -0.15) is 13.2 Å². The highest BCUT2D eigenvalue weighted by atomic mass is 35.5. The Bertz CT molecular complexity index is 666. The molecule has 1 heterocycles. The number of pyridine rings is 1. The number of halogens is 4. The van der Waals surface area contributed by atoms with Gasteiger partial charge >= 0.3 is 6.18 Å². The van der Waals surface area contributed by atoms with E-state index in [4.69, 9.17) is 11.6 Å². The van der Waals surface area contributed by atoms with Crippen LogP contribution >= 0.6 is 11.6 Å². The van der Waals surface area contributed by atoms with Gasteiger partial charge in [-0.1, -0.05) is 23.7 Å². The van der Waals surface area contributed by atoms with Gasteiger partial charge in [-0.15, -0.1) is 0 Å². The van der Waals surface area contributed by atoms with E-state index < -0.39 is 17.6 Å². The van der Waals surface area contributed by atoms with Crippen molar-refractivity contribution >= 4 is 23.2 Å². The third-order valence-corrected chi connectivity index (χ3v) is 2.86. The van der Waals surface area contributed by atoms with Crippen molar-refractivity contribution < 1.29 is 18.0 Å². The van der Waals surface area contributed by atoms with Gasteiger partial charge in [0.05, 0.1) is 11.3 Å². The van der Waals surface area contributed by atoms with Gasteiger partial charge in [0.2, 0.25) is 0 Å². The summed E-state index contributed by atoms with van der Waals surface area (Å²) < 4.78 is 38.5. The van der Waals surface area contributed by atoms with E-state index in [-0.39, 0.29) is 16.4 Å². The molecule has 110 valence electrons. The molecule has 7 heteroatoms. The van der Waals surface area contributed by atoms with Crippen LogP contribution in [0, 0.1) is 6.92 Å². The van der Waals surface area contributed by atoms with E-state index in [0.717, 1.165) is 6.07 Å². The van der Waals surface area contributed by atoms with Crippen molar-refractivity contribution in [2.24, 2.45) is 0 Å². The number of hydrogen-bond donors (Lipinski definition) is 1. The molecule has 0 aliphatic heterocycles. The fraction of sp³-hybridized carbons (Fsp3) is 0.143. The minimum absolute atomic E-state index is 0.101. The largest absolute Gasteiger partial charge is 0.418 e. The van der Waals surface area contributed by atoms with E-state index in [9.17, 15) is 18.0 Å². The number of nitrogens with zero attached hydrogens (tertiary/aromatic N) is 1. The maximum Gasteiger partial charge on any atom is 0.418 e. The summed E-state index contributed by atoms with van der Waals surface area (Å²) in [5, 5.41) is 2.34. The van der Waals surface area contributed by atoms with Crippen LogP contribution in [0.25, 0.3) is 0 Å². The summed E-state index contributed by atoms with van der Waals surface area (Å²) in [6.07, 6.45) is -4.55. The molecule has 0 fully saturated rings. The lowest BCUT2D eigenvalue weighted by Crippen LogP contribution is -2.16. The van der Waals surface area contributed by atoms with Gasteiger partial charge in [0.1, 0.15) is 5.15 Å². The van der Waals surface area contributed by atoms with Gasteiger partial charge in [-0.05, 0) is 31.2 Å². The molecule has 1 aromatic heterocycles. The Balaban J connectivity index is 2.32. The van der Waals surface area contributed by atoms with Crippen LogP contribution in [0.5, 0.6) is 0 Å². The molecule has 0 spiro atoms. The molecule has 0 aliphatic rings. The average Bonchev–Trinajstić information content (AvgIpc) is 2.37. The van der Waals surface area contributed by atoms with Crippen molar-refractivity contribution in [3.8, 4) is 0 Å². The molecule has 1 N–H and O–H groups in total. The zero-order chi connectivity index (χ0) is 15.6. The number of hydrogen-bond acceptors (Lipinski definition) is 2. The average molecular weight is 315 g/mol. The van der Waals surface area contributed by atoms with Crippen molar-refractivity contribution in [2.45, 2.75) is 13.1 Å². The molecule has 21 heavy (non-hydrogen) atoms. The molecule has 0 aliphatic carbocycles. The molecule has 0 unspecified atom stereocenters. The van der Waals surface area contributed by atoms with Crippen LogP contribution in [0.2, 0.25) is 5.15 Å². The van der Waals surface area contributed by atoms with Crippen LogP contribution in [0.15, 0.2) is 36.4 Å². The minimum Gasteiger partial charge on any atom is -0.321 e. The normalized spacial score (nSPS) is 11.3. The number of alkyl halides is 3. The first kappa shape index (κ1) is 15.3. The molecule has 2 rings (SSSR count). The van der Waals surface area contributed by atoms with Gasteiger partial charge in [0.15, 0.2) is 0 Å². The lowest BCUT2D eigenvalue weighted by Gasteiger charge is -2.13. The topological polar surface area (TPSA) is 42.0 Å². The molecule has 0 saturated heterocycles. The zero-order valence-corrected chi connectivity index (χ0v) is 11.6. The monoisotopic (exact) mass is 314 g/mol. The lowest BCUT2D eigenvalue weighted by molar-refractivity contribution is -0.136. The van der Waals surface area contributed by atoms with E-state index in [1.54, 1.807) is 6.92 Å². The van der Waals surface area contributed by atoms with E-state index in [1.807, 2.05) is 0 Å². The summed E-state index contributed by atoms with van der Waals surface area (Å²) in [6.45, 7) is 1.63. The maximum atomic E-state index is 12.8. The molecule has 0 radical (unpaired) electrons. The Morgan fingerprint density at radius 1 is 1.24 bits per heavy atom. The van der Waals surface area contributed by atoms with Crippen molar-refractivity contribution in [1.29, 1.82) is 0 Å². The van der Waals surface area contributed by atoms with E-state index in [1.165, 1.54) is 30.3 Å². The minimum atomic E-state index is -4.55. The second-order valence-corrected chi connectivity index (χ2v) is 4.70. The highest BCUT2D eigenvalue weighted by molar-refractivity contribution is 6.29. The Hall–Kier alpha value is -2.08. The summed E-state index contributed by atoms with van der Waals surface area (Å²) in [5.74, 6) is -0.681. The maximum absolute atomic E-state index is 12.8. The SMILES string of the molecule is Cc1cc(C(=O)Nc2ccccc2C(F)(F)F)cc(Cl)n1. The fourth-order valence-corrected chi connectivity index (χ4v) is 2.04. The van der Waals surface area contributed by atoms with Crippen LogP contribution in [0.1, 0.15) is 21.6 Å². The summed E-state index contributed by atoms with van der Waals surface area (Å²) in [4.78, 5) is 15.9. The third kappa shape index (κ3) is 3.72. The molecule has 0 saturated carbocycles. The van der Waals surface area contributed by atoms with Gasteiger partial charge in [0, 0.05) is 11.3 Å². The van der Waals surface area contributed by atoms with Crippen molar-refractivity contribution in [1.82, 2.24) is 4.98 Å². The second-order valence-electron chi connectivity index (χ2n) is 4.32. The van der Waals surface area contributed by atoms with Crippen LogP contribution in [0.4, 0.5) is 18.9 Å². The first-order valence-electron chi connectivity index (χ1n) is 5.89. The number of benzene rings is 1. The van der Waals surface area contributed by atoms with Gasteiger partial charge < -0.3 is 5.32 Å². The molecule has 2 aromatic rings. The number of aryl methyl sites for hydroxylation is 1. The number of amides is 1. The standard InChI is InChI=1S/C14H10ClF3N2O/c1-8-6-9(7-12(15)19-8)13(21)20-11-5-3-2-4-10(11)14(16,17)18/h2-7H,1H3,(H,20,21). The quantitative estimate of drug-likeness (QED) is 0.839. The summed E-state index contributed by atoms with van der Waals surface area (Å²) in [5.41, 5.74) is -0.572. The predicted octanol–water partition coefficient (Wildman–Crippen LogP) is 4.31. The summed E-state index contributed by atoms with van der Waals surface area (Å²) in [7, 11) is 0. The number of anilines is 1. The number of aromatic nitrogens is 1. The highest BCUT2D eigenvalue weighted by Gasteiger charge is 2.33. The van der Waals surface area contributed by atoms with Crippen molar-refractivity contribution in [3.63, 3.8) is 0 Å². The Kier molecular flexibility index (Phi) is 4.18. The fourth-order valence-electron chi connectivity index (χ4n) is 1.79. The molecule has 0 bridgehead atoms. The van der Waals surface area contributed by atoms with E-state index in [0.29, 0.717) is 5.69 Å². The lowest BCUT2D eigenvalue weighted by atomic mass is 10.1. The van der Waals surface area contributed by atoms with Gasteiger partial charge in [0.25, 0.3) is 5.91 Å². The Morgan fingerprint density at radius 2 is 1.90 bits per heavy atom. The first-order valence-corrected chi connectivity index (χ1v) is 6.27. The van der Waals surface area contributed by atoms with E-state index in [2.05, 4.69) is 10.3 Å². The van der Waals surface area contributed by atoms with Crippen molar-refractivity contribution in [2.75, 3.05) is 5.32 Å². The molecule has 1 aromatic carbocycles. The summed E-state index contributed by atoms with van der Waals surface area (Å²) >= 11 is 5.73. The van der Waals surface area contributed by atoms with Crippen LogP contribution in [-0.4, -0.2) is 10.9 Å². The summed E-state index contributed by atoms with van der Waals surface area (Å²) in [6, 6.07) is 7.50. The van der Waals surface area contributed by atoms with Gasteiger partial charge in [-0.3, -0.25) is 4.79 Å². The second kappa shape index (κ2) is 5.73. The number of carbonyl (C=O) groups is 1. The predicted molar refractivity (Wildman–Crippen MR) is 73.4 cm³/mol. The van der Waals surface area contributed by atoms with Crippen LogP contribution in [0.3, 0.4) is 0 Å². The Labute approximate surface area is 123 Å². The number of para-hydroxylation sites is 1. The highest BCUT2D eigenvalue weighted by Crippen LogP contribution is 2.34. The third-order valence-electron chi connectivity index (χ3n) is 2.67. The number of nitrogens with one attached hydrogen (secondary N) is 1. The van der Waals surface area contributed by atoms with Crippen LogP contribution < -0.4 is 5.32 Å². The number of rotatable bonds is 2. The number of carbonyl (C=O) groups excluding carboxylic acids is 1. The zero-order valence-electron chi connectivity index (χ0n) is 10.8. The Morgan fingerprint density at radius 3 is 2.52 bits per heavy atom. The molecular weight excluding hydrogens is 305 g/mol. The van der Waals surface area contributed by atoms with Crippen LogP contribution in [-0.2, 0) is 6.18 Å². The molecule has 0 atom stereocenters. The first-order chi connectivity index (χ1) is 9.77.